The molecule has 0 bridgehead atoms. The van der Waals surface area contributed by atoms with Crippen molar-refractivity contribution in [3.05, 3.63) is 53.3 Å². The van der Waals surface area contributed by atoms with Crippen molar-refractivity contribution < 1.29 is 4.79 Å². The Kier molecular flexibility index (Phi) is 4.75. The van der Waals surface area contributed by atoms with Crippen LogP contribution in [0.15, 0.2) is 36.7 Å². The summed E-state index contributed by atoms with van der Waals surface area (Å²) in [6, 6.07) is 7.47. The van der Waals surface area contributed by atoms with Crippen molar-refractivity contribution in [3.8, 4) is 0 Å². The van der Waals surface area contributed by atoms with Gasteiger partial charge in [0.05, 0.1) is 12.2 Å². The molecule has 5 heteroatoms. The highest BCUT2D eigenvalue weighted by atomic mass is 16.2. The van der Waals surface area contributed by atoms with Crippen LogP contribution >= 0.6 is 0 Å². The van der Waals surface area contributed by atoms with Gasteiger partial charge in [-0.25, -0.2) is 0 Å². The van der Waals surface area contributed by atoms with Crippen LogP contribution in [0.5, 0.6) is 0 Å². The van der Waals surface area contributed by atoms with Crippen LogP contribution in [0.3, 0.4) is 0 Å². The Balaban J connectivity index is 2.00. The molecule has 0 saturated carbocycles. The van der Waals surface area contributed by atoms with Crippen molar-refractivity contribution in [2.24, 2.45) is 12.8 Å². The lowest BCUT2D eigenvalue weighted by atomic mass is 10.0. The van der Waals surface area contributed by atoms with Crippen LogP contribution in [0.1, 0.15) is 42.6 Å². The standard InChI is InChI=1S/C16H22N4O/c1-4-12-5-7-13(8-6-12)11(2)19-16(21)15(17)14-9-18-20(3)10-14/h5-11,15H,4,17H2,1-3H3,(H,19,21). The number of aromatic nitrogens is 2. The van der Waals surface area contributed by atoms with Crippen LogP contribution < -0.4 is 11.1 Å². The number of hydrogen-bond acceptors (Lipinski definition) is 3. The van der Waals surface area contributed by atoms with E-state index in [0.29, 0.717) is 5.56 Å². The lowest BCUT2D eigenvalue weighted by Crippen LogP contribution is -2.35. The summed E-state index contributed by atoms with van der Waals surface area (Å²) < 4.78 is 1.63. The van der Waals surface area contributed by atoms with Crippen LogP contribution in [-0.2, 0) is 18.3 Å². The third-order valence-electron chi connectivity index (χ3n) is 3.61. The van der Waals surface area contributed by atoms with Gasteiger partial charge >= 0.3 is 0 Å². The number of amides is 1. The average Bonchev–Trinajstić information content (AvgIpc) is 2.93. The van der Waals surface area contributed by atoms with E-state index in [1.54, 1.807) is 24.1 Å². The third-order valence-corrected chi connectivity index (χ3v) is 3.61. The first-order valence-corrected chi connectivity index (χ1v) is 7.14. The number of nitrogens with two attached hydrogens (primary N) is 1. The second kappa shape index (κ2) is 6.54. The fraction of sp³-hybridized carbons (Fsp3) is 0.375. The minimum Gasteiger partial charge on any atom is -0.348 e. The first-order valence-electron chi connectivity index (χ1n) is 7.14. The summed E-state index contributed by atoms with van der Waals surface area (Å²) in [5, 5.41) is 6.97. The zero-order chi connectivity index (χ0) is 15.4. The zero-order valence-corrected chi connectivity index (χ0v) is 12.7. The van der Waals surface area contributed by atoms with Gasteiger partial charge in [0.1, 0.15) is 6.04 Å². The minimum atomic E-state index is -0.698. The van der Waals surface area contributed by atoms with E-state index in [4.69, 9.17) is 5.73 Å². The normalized spacial score (nSPS) is 13.7. The maximum atomic E-state index is 12.2. The molecule has 0 fully saturated rings. The van der Waals surface area contributed by atoms with Crippen molar-refractivity contribution in [1.29, 1.82) is 0 Å². The van der Waals surface area contributed by atoms with E-state index < -0.39 is 6.04 Å². The molecule has 0 saturated heterocycles. The fourth-order valence-electron chi connectivity index (χ4n) is 2.18. The van der Waals surface area contributed by atoms with Gasteiger partial charge in [-0.3, -0.25) is 9.48 Å². The first kappa shape index (κ1) is 15.3. The van der Waals surface area contributed by atoms with Gasteiger partial charge in [0.15, 0.2) is 0 Å². The van der Waals surface area contributed by atoms with Gasteiger partial charge in [-0.05, 0) is 24.5 Å². The highest BCUT2D eigenvalue weighted by Gasteiger charge is 2.19. The Hall–Kier alpha value is -2.14. The number of aryl methyl sites for hydroxylation is 2. The van der Waals surface area contributed by atoms with E-state index in [1.165, 1.54) is 5.56 Å². The largest absolute Gasteiger partial charge is 0.348 e. The van der Waals surface area contributed by atoms with Crippen molar-refractivity contribution >= 4 is 5.91 Å². The molecule has 112 valence electrons. The number of benzene rings is 1. The molecule has 0 spiro atoms. The van der Waals surface area contributed by atoms with Crippen molar-refractivity contribution in [2.75, 3.05) is 0 Å². The summed E-state index contributed by atoms with van der Waals surface area (Å²) in [6.07, 6.45) is 4.38. The summed E-state index contributed by atoms with van der Waals surface area (Å²) in [5.41, 5.74) is 9.02. The smallest absolute Gasteiger partial charge is 0.242 e. The van der Waals surface area contributed by atoms with E-state index in [1.807, 2.05) is 19.1 Å². The number of carbonyl (C=O) groups excluding carboxylic acids is 1. The van der Waals surface area contributed by atoms with Crippen LogP contribution in [0.25, 0.3) is 0 Å². The maximum absolute atomic E-state index is 12.2. The highest BCUT2D eigenvalue weighted by molar-refractivity contribution is 5.83. The SMILES string of the molecule is CCc1ccc(C(C)NC(=O)C(N)c2cnn(C)c2)cc1. The van der Waals surface area contributed by atoms with Crippen LogP contribution in [-0.4, -0.2) is 15.7 Å². The Morgan fingerprint density at radius 3 is 2.52 bits per heavy atom. The third kappa shape index (κ3) is 3.70. The molecule has 1 amide bonds. The molecule has 1 aromatic carbocycles. The molecule has 2 rings (SSSR count). The van der Waals surface area contributed by atoms with E-state index >= 15 is 0 Å². The van der Waals surface area contributed by atoms with Gasteiger partial charge < -0.3 is 11.1 Å². The molecule has 5 nitrogen and oxygen atoms in total. The molecule has 3 N–H and O–H groups in total. The predicted octanol–water partition coefficient (Wildman–Crippen LogP) is 1.86. The van der Waals surface area contributed by atoms with Gasteiger partial charge in [-0.15, -0.1) is 0 Å². The lowest BCUT2D eigenvalue weighted by molar-refractivity contribution is -0.123. The number of rotatable bonds is 5. The molecule has 0 aliphatic rings. The summed E-state index contributed by atoms with van der Waals surface area (Å²) in [5.74, 6) is -0.199. The Bertz CT molecular complexity index is 603. The summed E-state index contributed by atoms with van der Waals surface area (Å²) >= 11 is 0. The Morgan fingerprint density at radius 2 is 2.00 bits per heavy atom. The van der Waals surface area contributed by atoms with E-state index in [2.05, 4.69) is 29.5 Å². The van der Waals surface area contributed by atoms with Gasteiger partial charge in [-0.2, -0.15) is 5.10 Å². The van der Waals surface area contributed by atoms with Gasteiger partial charge in [0.25, 0.3) is 0 Å². The Morgan fingerprint density at radius 1 is 1.33 bits per heavy atom. The number of carbonyl (C=O) groups is 1. The predicted molar refractivity (Wildman–Crippen MR) is 82.5 cm³/mol. The van der Waals surface area contributed by atoms with E-state index in [-0.39, 0.29) is 11.9 Å². The maximum Gasteiger partial charge on any atom is 0.242 e. The summed E-state index contributed by atoms with van der Waals surface area (Å²) in [6.45, 7) is 4.07. The van der Waals surface area contributed by atoms with E-state index in [9.17, 15) is 4.79 Å². The molecule has 0 radical (unpaired) electrons. The van der Waals surface area contributed by atoms with Gasteiger partial charge in [-0.1, -0.05) is 31.2 Å². The highest BCUT2D eigenvalue weighted by Crippen LogP contribution is 2.16. The van der Waals surface area contributed by atoms with Gasteiger partial charge in [0.2, 0.25) is 5.91 Å². The molecule has 21 heavy (non-hydrogen) atoms. The van der Waals surface area contributed by atoms with Gasteiger partial charge in [0, 0.05) is 18.8 Å². The molecular weight excluding hydrogens is 264 g/mol. The molecule has 2 unspecified atom stereocenters. The Labute approximate surface area is 125 Å². The second-order valence-corrected chi connectivity index (χ2v) is 5.25. The molecule has 2 atom stereocenters. The monoisotopic (exact) mass is 286 g/mol. The van der Waals surface area contributed by atoms with E-state index in [0.717, 1.165) is 12.0 Å². The summed E-state index contributed by atoms with van der Waals surface area (Å²) in [4.78, 5) is 12.2. The van der Waals surface area contributed by atoms with Crippen molar-refractivity contribution in [2.45, 2.75) is 32.4 Å². The molecule has 2 aromatic rings. The van der Waals surface area contributed by atoms with Crippen molar-refractivity contribution in [1.82, 2.24) is 15.1 Å². The minimum absolute atomic E-state index is 0.0777. The number of nitrogens with one attached hydrogen (secondary N) is 1. The molecular formula is C16H22N4O. The first-order chi connectivity index (χ1) is 10.0. The molecule has 0 aliphatic heterocycles. The fourth-order valence-corrected chi connectivity index (χ4v) is 2.18. The second-order valence-electron chi connectivity index (χ2n) is 5.25. The van der Waals surface area contributed by atoms with Crippen LogP contribution in [0.4, 0.5) is 0 Å². The summed E-state index contributed by atoms with van der Waals surface area (Å²) in [7, 11) is 1.80. The topological polar surface area (TPSA) is 72.9 Å². The van der Waals surface area contributed by atoms with Crippen LogP contribution in [0, 0.1) is 0 Å². The van der Waals surface area contributed by atoms with Crippen molar-refractivity contribution in [3.63, 3.8) is 0 Å². The molecule has 0 aliphatic carbocycles. The quantitative estimate of drug-likeness (QED) is 0.881. The number of nitrogens with zero attached hydrogens (tertiary/aromatic N) is 2. The van der Waals surface area contributed by atoms with Crippen LogP contribution in [0.2, 0.25) is 0 Å². The average molecular weight is 286 g/mol. The number of hydrogen-bond donors (Lipinski definition) is 2. The molecule has 1 aromatic heterocycles. The zero-order valence-electron chi connectivity index (χ0n) is 12.7. The molecule has 1 heterocycles. The lowest BCUT2D eigenvalue weighted by Gasteiger charge is -2.17.